The molecule has 0 saturated carbocycles. The molecule has 6 heteroatoms. The second-order valence-corrected chi connectivity index (χ2v) is 4.29. The maximum atomic E-state index is 11.0. The summed E-state index contributed by atoms with van der Waals surface area (Å²) in [7, 11) is 1.61. The van der Waals surface area contributed by atoms with Gasteiger partial charge in [0.15, 0.2) is 5.13 Å². The number of carbonyl (C=O) groups is 1. The number of aromatic nitrogens is 1. The van der Waals surface area contributed by atoms with Crippen LogP contribution in [0.1, 0.15) is 6.42 Å². The lowest BCUT2D eigenvalue weighted by atomic mass is 10.2. The summed E-state index contributed by atoms with van der Waals surface area (Å²) >= 11 is 1.45. The minimum atomic E-state index is -0.815. The maximum absolute atomic E-state index is 11.0. The number of aliphatic carboxylic acids is 1. The highest BCUT2D eigenvalue weighted by molar-refractivity contribution is 7.13. The highest BCUT2D eigenvalue weighted by atomic mass is 32.1. The molecule has 5 nitrogen and oxygen atoms in total. The second-order valence-electron chi connectivity index (χ2n) is 3.41. The van der Waals surface area contributed by atoms with E-state index in [0.717, 1.165) is 5.13 Å². The summed E-state index contributed by atoms with van der Waals surface area (Å²) in [5.41, 5.74) is 0. The zero-order valence-electron chi connectivity index (χ0n) is 8.29. The lowest BCUT2D eigenvalue weighted by Crippen LogP contribution is -2.35. The first-order valence-electron chi connectivity index (χ1n) is 4.64. The number of hydrogen-bond donors (Lipinski definition) is 1. The van der Waals surface area contributed by atoms with Crippen LogP contribution in [-0.4, -0.2) is 41.9 Å². The van der Waals surface area contributed by atoms with Crippen molar-refractivity contribution in [1.82, 2.24) is 4.98 Å². The van der Waals surface area contributed by atoms with Gasteiger partial charge in [-0.3, -0.25) is 0 Å². The third kappa shape index (κ3) is 1.95. The minimum absolute atomic E-state index is 0.0185. The van der Waals surface area contributed by atoms with Gasteiger partial charge in [-0.1, -0.05) is 0 Å². The van der Waals surface area contributed by atoms with Crippen LogP contribution in [0.15, 0.2) is 11.6 Å². The van der Waals surface area contributed by atoms with Crippen molar-refractivity contribution in [2.75, 3.05) is 18.6 Å². The topological polar surface area (TPSA) is 62.7 Å². The Kier molecular flexibility index (Phi) is 2.88. The SMILES string of the molecule is COC1CC(C(=O)O)N(c2nccs2)C1. The van der Waals surface area contributed by atoms with Crippen molar-refractivity contribution in [3.63, 3.8) is 0 Å². The molecule has 1 aliphatic rings. The summed E-state index contributed by atoms with van der Waals surface area (Å²) in [4.78, 5) is 17.0. The molecular formula is C9H12N2O3S. The van der Waals surface area contributed by atoms with Gasteiger partial charge in [0, 0.05) is 31.7 Å². The maximum Gasteiger partial charge on any atom is 0.326 e. The molecule has 1 saturated heterocycles. The van der Waals surface area contributed by atoms with E-state index in [4.69, 9.17) is 9.84 Å². The molecule has 1 fully saturated rings. The van der Waals surface area contributed by atoms with Crippen LogP contribution in [0, 0.1) is 0 Å². The largest absolute Gasteiger partial charge is 0.480 e. The Bertz CT molecular complexity index is 341. The number of nitrogens with zero attached hydrogens (tertiary/aromatic N) is 2. The number of hydrogen-bond acceptors (Lipinski definition) is 5. The number of anilines is 1. The van der Waals surface area contributed by atoms with Gasteiger partial charge in [-0.2, -0.15) is 0 Å². The third-order valence-electron chi connectivity index (χ3n) is 2.55. The summed E-state index contributed by atoms with van der Waals surface area (Å²) in [5, 5.41) is 11.7. The van der Waals surface area contributed by atoms with Gasteiger partial charge in [-0.05, 0) is 0 Å². The Morgan fingerprint density at radius 2 is 2.60 bits per heavy atom. The van der Waals surface area contributed by atoms with E-state index in [2.05, 4.69) is 4.98 Å². The van der Waals surface area contributed by atoms with Gasteiger partial charge in [-0.25, -0.2) is 9.78 Å². The first-order chi connectivity index (χ1) is 7.22. The molecule has 2 heterocycles. The predicted octanol–water partition coefficient (Wildman–Crippen LogP) is 0.821. The number of thiazole rings is 1. The van der Waals surface area contributed by atoms with Crippen molar-refractivity contribution in [1.29, 1.82) is 0 Å². The molecular weight excluding hydrogens is 216 g/mol. The van der Waals surface area contributed by atoms with E-state index < -0.39 is 12.0 Å². The monoisotopic (exact) mass is 228 g/mol. The van der Waals surface area contributed by atoms with E-state index in [-0.39, 0.29) is 6.10 Å². The Morgan fingerprint density at radius 1 is 1.80 bits per heavy atom. The van der Waals surface area contributed by atoms with Crippen LogP contribution >= 0.6 is 11.3 Å². The van der Waals surface area contributed by atoms with Crippen LogP contribution < -0.4 is 4.90 Å². The average Bonchev–Trinajstić information content (AvgIpc) is 2.86. The summed E-state index contributed by atoms with van der Waals surface area (Å²) in [5.74, 6) is -0.815. The summed E-state index contributed by atoms with van der Waals surface area (Å²) in [6.07, 6.45) is 2.18. The molecule has 82 valence electrons. The highest BCUT2D eigenvalue weighted by Gasteiger charge is 2.38. The van der Waals surface area contributed by atoms with Crippen LogP contribution in [-0.2, 0) is 9.53 Å². The molecule has 0 aliphatic carbocycles. The van der Waals surface area contributed by atoms with Gasteiger partial charge < -0.3 is 14.7 Å². The number of rotatable bonds is 3. The van der Waals surface area contributed by atoms with Crippen LogP contribution in [0.4, 0.5) is 5.13 Å². The van der Waals surface area contributed by atoms with Crippen molar-refractivity contribution < 1.29 is 14.6 Å². The molecule has 1 N–H and O–H groups in total. The van der Waals surface area contributed by atoms with Gasteiger partial charge >= 0.3 is 5.97 Å². The molecule has 0 spiro atoms. The average molecular weight is 228 g/mol. The fourth-order valence-corrected chi connectivity index (χ4v) is 2.47. The molecule has 1 aliphatic heterocycles. The standard InChI is InChI=1S/C9H12N2O3S/c1-14-6-4-7(8(12)13)11(5-6)9-10-2-3-15-9/h2-3,6-7H,4-5H2,1H3,(H,12,13). The van der Waals surface area contributed by atoms with E-state index in [1.165, 1.54) is 11.3 Å². The summed E-state index contributed by atoms with van der Waals surface area (Å²) in [6.45, 7) is 0.598. The fraction of sp³-hybridized carbons (Fsp3) is 0.556. The van der Waals surface area contributed by atoms with Crippen LogP contribution in [0.3, 0.4) is 0 Å². The van der Waals surface area contributed by atoms with Gasteiger partial charge in [0.05, 0.1) is 6.10 Å². The van der Waals surface area contributed by atoms with Crippen molar-refractivity contribution >= 4 is 22.4 Å². The van der Waals surface area contributed by atoms with E-state index in [9.17, 15) is 4.79 Å². The highest BCUT2D eigenvalue weighted by Crippen LogP contribution is 2.28. The Hall–Kier alpha value is -1.14. The minimum Gasteiger partial charge on any atom is -0.480 e. The third-order valence-corrected chi connectivity index (χ3v) is 3.35. The van der Waals surface area contributed by atoms with Gasteiger partial charge in [0.1, 0.15) is 6.04 Å². The molecule has 15 heavy (non-hydrogen) atoms. The van der Waals surface area contributed by atoms with Crippen LogP contribution in [0.2, 0.25) is 0 Å². The van der Waals surface area contributed by atoms with E-state index in [0.29, 0.717) is 13.0 Å². The Labute approximate surface area is 91.3 Å². The number of ether oxygens (including phenoxy) is 1. The van der Waals surface area contributed by atoms with Crippen molar-refractivity contribution in [3.8, 4) is 0 Å². The van der Waals surface area contributed by atoms with Gasteiger partial charge in [0.25, 0.3) is 0 Å². The molecule has 2 atom stereocenters. The smallest absolute Gasteiger partial charge is 0.326 e. The molecule has 1 aromatic rings. The lowest BCUT2D eigenvalue weighted by Gasteiger charge is -2.19. The molecule has 0 amide bonds. The molecule has 2 rings (SSSR count). The quantitative estimate of drug-likeness (QED) is 0.830. The molecule has 2 unspecified atom stereocenters. The fourth-order valence-electron chi connectivity index (χ4n) is 1.77. The number of carboxylic acid groups (broad SMARTS) is 1. The van der Waals surface area contributed by atoms with E-state index in [1.807, 2.05) is 5.38 Å². The first-order valence-corrected chi connectivity index (χ1v) is 5.52. The first kappa shape index (κ1) is 10.4. The van der Waals surface area contributed by atoms with E-state index >= 15 is 0 Å². The molecule has 1 aromatic heterocycles. The normalized spacial score (nSPS) is 25.8. The molecule has 0 bridgehead atoms. The Morgan fingerprint density at radius 3 is 3.13 bits per heavy atom. The molecule has 0 radical (unpaired) electrons. The van der Waals surface area contributed by atoms with Gasteiger partial charge in [0.2, 0.25) is 0 Å². The number of methoxy groups -OCH3 is 1. The Balaban J connectivity index is 2.19. The zero-order valence-corrected chi connectivity index (χ0v) is 9.11. The number of carboxylic acids is 1. The van der Waals surface area contributed by atoms with Crippen molar-refractivity contribution in [2.45, 2.75) is 18.6 Å². The summed E-state index contributed by atoms with van der Waals surface area (Å²) in [6, 6.07) is -0.513. The lowest BCUT2D eigenvalue weighted by molar-refractivity contribution is -0.138. The van der Waals surface area contributed by atoms with E-state index in [1.54, 1.807) is 18.2 Å². The summed E-state index contributed by atoms with van der Waals surface area (Å²) < 4.78 is 5.19. The second kappa shape index (κ2) is 4.16. The van der Waals surface area contributed by atoms with Crippen molar-refractivity contribution in [2.24, 2.45) is 0 Å². The molecule has 0 aromatic carbocycles. The predicted molar refractivity (Wildman–Crippen MR) is 56.3 cm³/mol. The van der Waals surface area contributed by atoms with Crippen molar-refractivity contribution in [3.05, 3.63) is 11.6 Å². The van der Waals surface area contributed by atoms with Crippen LogP contribution in [0.25, 0.3) is 0 Å². The van der Waals surface area contributed by atoms with Crippen LogP contribution in [0.5, 0.6) is 0 Å². The van der Waals surface area contributed by atoms with Gasteiger partial charge in [-0.15, -0.1) is 11.3 Å². The zero-order chi connectivity index (χ0) is 10.8.